The lowest BCUT2D eigenvalue weighted by molar-refractivity contribution is -0.139. The van der Waals surface area contributed by atoms with E-state index in [0.29, 0.717) is 0 Å². The summed E-state index contributed by atoms with van der Waals surface area (Å²) in [7, 11) is 0. The quantitative estimate of drug-likeness (QED) is 0.568. The third kappa shape index (κ3) is 3.11. The van der Waals surface area contributed by atoms with Crippen LogP contribution in [-0.4, -0.2) is 22.4 Å². The molecule has 0 aromatic carbocycles. The number of carbonyl (C=O) groups is 2. The van der Waals surface area contributed by atoms with Crippen molar-refractivity contribution < 1.29 is 14.7 Å². The van der Waals surface area contributed by atoms with Crippen molar-refractivity contribution in [3.8, 4) is 0 Å². The molecule has 0 saturated heterocycles. The van der Waals surface area contributed by atoms with Crippen LogP contribution < -0.4 is 5.73 Å². The lowest BCUT2D eigenvalue weighted by Crippen LogP contribution is -2.51. The van der Waals surface area contributed by atoms with Gasteiger partial charge in [0.05, 0.1) is 6.42 Å². The minimum Gasteiger partial charge on any atom is -0.368 e. The third-order valence-corrected chi connectivity index (χ3v) is 1.34. The van der Waals surface area contributed by atoms with Crippen molar-refractivity contribution in [1.82, 2.24) is 0 Å². The second-order valence-electron chi connectivity index (χ2n) is 3.10. The summed E-state index contributed by atoms with van der Waals surface area (Å²) >= 11 is 0. The molecule has 1 atom stereocenters. The Morgan fingerprint density at radius 2 is 1.92 bits per heavy atom. The number of hydrogen-bond acceptors (Lipinski definition) is 4. The van der Waals surface area contributed by atoms with Crippen LogP contribution >= 0.6 is 0 Å². The van der Waals surface area contributed by atoms with Gasteiger partial charge in [-0.05, 0) is 6.92 Å². The van der Waals surface area contributed by atoms with E-state index in [4.69, 9.17) is 5.73 Å². The van der Waals surface area contributed by atoms with E-state index in [0.717, 1.165) is 6.42 Å². The molecule has 1 radical (unpaired) electrons. The second kappa shape index (κ2) is 3.78. The molecule has 69 valence electrons. The molecule has 0 aromatic rings. The van der Waals surface area contributed by atoms with Gasteiger partial charge >= 0.3 is 0 Å². The van der Waals surface area contributed by atoms with Crippen LogP contribution in [-0.2, 0) is 9.59 Å². The fourth-order valence-electron chi connectivity index (χ4n) is 0.843. The summed E-state index contributed by atoms with van der Waals surface area (Å²) in [5.74, 6) is -1.37. The van der Waals surface area contributed by atoms with Gasteiger partial charge in [0.2, 0.25) is 0 Å². The van der Waals surface area contributed by atoms with E-state index in [-0.39, 0.29) is 0 Å². The zero-order valence-electron chi connectivity index (χ0n) is 7.50. The topological polar surface area (TPSA) is 80.4 Å². The Kier molecular flexibility index (Phi) is 3.55. The van der Waals surface area contributed by atoms with Gasteiger partial charge in [0.25, 0.3) is 0 Å². The highest BCUT2D eigenvalue weighted by molar-refractivity contribution is 5.98. The Morgan fingerprint density at radius 3 is 2.17 bits per heavy atom. The summed E-state index contributed by atoms with van der Waals surface area (Å²) in [6.07, 6.45) is 0.815. The average molecular weight is 172 g/mol. The fraction of sp³-hybridized carbons (Fsp3) is 0.625. The first-order valence-electron chi connectivity index (χ1n) is 3.69. The lowest BCUT2D eigenvalue weighted by Gasteiger charge is -2.21. The molecule has 3 N–H and O–H groups in total. The van der Waals surface area contributed by atoms with Gasteiger partial charge in [-0.3, -0.25) is 15.3 Å². The molecule has 4 heteroatoms. The van der Waals surface area contributed by atoms with Crippen molar-refractivity contribution in [3.05, 3.63) is 6.42 Å². The monoisotopic (exact) mass is 172 g/mol. The Morgan fingerprint density at radius 1 is 1.50 bits per heavy atom. The molecule has 0 aliphatic rings. The number of ketones is 2. The number of aliphatic hydroxyl groups is 1. The molecular weight excluding hydrogens is 158 g/mol. The van der Waals surface area contributed by atoms with Crippen LogP contribution in [0.1, 0.15) is 20.8 Å². The predicted molar refractivity (Wildman–Crippen MR) is 44.0 cm³/mol. The first-order chi connectivity index (χ1) is 5.27. The first kappa shape index (κ1) is 11.3. The first-order valence-corrected chi connectivity index (χ1v) is 3.69. The van der Waals surface area contributed by atoms with Gasteiger partial charge < -0.3 is 5.11 Å². The molecule has 0 aromatic heterocycles. The summed E-state index contributed by atoms with van der Waals surface area (Å²) in [6, 6.07) is 0. The van der Waals surface area contributed by atoms with Crippen molar-refractivity contribution in [1.29, 1.82) is 0 Å². The van der Waals surface area contributed by atoms with Crippen LogP contribution in [0.25, 0.3) is 0 Å². The van der Waals surface area contributed by atoms with E-state index in [1.165, 1.54) is 6.92 Å². The van der Waals surface area contributed by atoms with Crippen molar-refractivity contribution in [2.24, 2.45) is 11.7 Å². The summed E-state index contributed by atoms with van der Waals surface area (Å²) in [5.41, 5.74) is 3.08. The van der Waals surface area contributed by atoms with Crippen LogP contribution in [0.2, 0.25) is 0 Å². The maximum Gasteiger partial charge on any atom is 0.184 e. The van der Waals surface area contributed by atoms with Crippen molar-refractivity contribution >= 4 is 11.6 Å². The Hall–Kier alpha value is -0.740. The van der Waals surface area contributed by atoms with Crippen molar-refractivity contribution in [2.45, 2.75) is 26.5 Å². The minimum absolute atomic E-state index is 0.393. The van der Waals surface area contributed by atoms with E-state index >= 15 is 0 Å². The average Bonchev–Trinajstić information content (AvgIpc) is 1.82. The maximum atomic E-state index is 11.1. The van der Waals surface area contributed by atoms with E-state index < -0.39 is 23.2 Å². The molecule has 0 bridgehead atoms. The molecule has 0 fully saturated rings. The van der Waals surface area contributed by atoms with E-state index in [1.54, 1.807) is 13.8 Å². The van der Waals surface area contributed by atoms with Crippen LogP contribution in [0.15, 0.2) is 0 Å². The maximum absolute atomic E-state index is 11.1. The molecule has 0 saturated carbocycles. The Bertz CT molecular complexity index is 196. The number of hydrogen-bond donors (Lipinski definition) is 2. The summed E-state index contributed by atoms with van der Waals surface area (Å²) < 4.78 is 0. The molecular formula is C8H14NO3. The Labute approximate surface area is 71.8 Å². The van der Waals surface area contributed by atoms with Gasteiger partial charge in [-0.1, -0.05) is 13.8 Å². The molecule has 0 aliphatic carbocycles. The standard InChI is InChI=1S/C8H14NO3/c1-5(2)7(11)8(9,12)4-6(3)10/h4-5,12H,9H2,1-3H3. The molecule has 0 amide bonds. The summed E-state index contributed by atoms with van der Waals surface area (Å²) in [4.78, 5) is 21.7. The van der Waals surface area contributed by atoms with Gasteiger partial charge in [-0.25, -0.2) is 0 Å². The molecule has 1 unspecified atom stereocenters. The van der Waals surface area contributed by atoms with E-state index in [2.05, 4.69) is 0 Å². The van der Waals surface area contributed by atoms with E-state index in [9.17, 15) is 14.7 Å². The SMILES string of the molecule is CC(=O)[CH]C(N)(O)C(=O)C(C)C. The molecule has 0 spiro atoms. The zero-order valence-corrected chi connectivity index (χ0v) is 7.50. The second-order valence-corrected chi connectivity index (χ2v) is 3.10. The fourth-order valence-corrected chi connectivity index (χ4v) is 0.843. The number of nitrogens with two attached hydrogens (primary N) is 1. The van der Waals surface area contributed by atoms with Crippen LogP contribution in [0.4, 0.5) is 0 Å². The van der Waals surface area contributed by atoms with Crippen LogP contribution in [0.5, 0.6) is 0 Å². The minimum atomic E-state index is -2.11. The van der Waals surface area contributed by atoms with Gasteiger partial charge in [0.1, 0.15) is 5.78 Å². The predicted octanol–water partition coefficient (Wildman–Crippen LogP) is -0.348. The smallest absolute Gasteiger partial charge is 0.184 e. The van der Waals surface area contributed by atoms with Crippen LogP contribution in [0, 0.1) is 12.3 Å². The number of rotatable bonds is 4. The zero-order chi connectivity index (χ0) is 9.94. The molecule has 0 rings (SSSR count). The molecule has 4 nitrogen and oxygen atoms in total. The highest BCUT2D eigenvalue weighted by atomic mass is 16.3. The molecule has 0 heterocycles. The van der Waals surface area contributed by atoms with Gasteiger partial charge in [-0.2, -0.15) is 0 Å². The summed E-state index contributed by atoms with van der Waals surface area (Å²) in [5, 5.41) is 9.28. The van der Waals surface area contributed by atoms with Crippen molar-refractivity contribution in [2.75, 3.05) is 0 Å². The lowest BCUT2D eigenvalue weighted by atomic mass is 9.95. The van der Waals surface area contributed by atoms with E-state index in [1.807, 2.05) is 0 Å². The van der Waals surface area contributed by atoms with Gasteiger partial charge in [0, 0.05) is 5.92 Å². The van der Waals surface area contributed by atoms with Gasteiger partial charge in [0.15, 0.2) is 11.5 Å². The summed E-state index contributed by atoms with van der Waals surface area (Å²) in [6.45, 7) is 4.44. The van der Waals surface area contributed by atoms with Gasteiger partial charge in [-0.15, -0.1) is 0 Å². The largest absolute Gasteiger partial charge is 0.368 e. The number of carbonyl (C=O) groups excluding carboxylic acids is 2. The van der Waals surface area contributed by atoms with Crippen LogP contribution in [0.3, 0.4) is 0 Å². The highest BCUT2D eigenvalue weighted by Gasteiger charge is 2.34. The third-order valence-electron chi connectivity index (χ3n) is 1.34. The highest BCUT2D eigenvalue weighted by Crippen LogP contribution is 2.09. The molecule has 0 aliphatic heterocycles. The molecule has 12 heavy (non-hydrogen) atoms. The number of Topliss-reactive ketones (excluding diaryl/α,β-unsaturated/α-hetero) is 2. The Balaban J connectivity index is 4.39. The van der Waals surface area contributed by atoms with Crippen molar-refractivity contribution in [3.63, 3.8) is 0 Å². The normalized spacial score (nSPS) is 15.8.